The molecule has 1 aliphatic rings. The molecule has 3 nitrogen and oxygen atoms in total. The van der Waals surface area contributed by atoms with Gasteiger partial charge in [-0.25, -0.2) is 0 Å². The maximum atomic E-state index is 5.40. The number of thiocarbonyl (C=S) groups is 1. The number of methoxy groups -OCH3 is 1. The van der Waals surface area contributed by atoms with Crippen LogP contribution in [0.15, 0.2) is 24.3 Å². The number of benzene rings is 1. The van der Waals surface area contributed by atoms with Crippen molar-refractivity contribution in [3.8, 4) is 5.75 Å². The summed E-state index contributed by atoms with van der Waals surface area (Å²) >= 11 is 4.89. The molecule has 1 N–H and O–H groups in total. The van der Waals surface area contributed by atoms with Crippen LogP contribution in [0, 0.1) is 0 Å². The van der Waals surface area contributed by atoms with Gasteiger partial charge in [0.05, 0.1) is 13.7 Å². The first kappa shape index (κ1) is 9.27. The van der Waals surface area contributed by atoms with E-state index in [0.717, 1.165) is 17.9 Å². The molecule has 1 aliphatic heterocycles. The van der Waals surface area contributed by atoms with Gasteiger partial charge in [-0.3, -0.25) is 0 Å². The van der Waals surface area contributed by atoms with Crippen LogP contribution in [0.25, 0.3) is 0 Å². The molecule has 1 unspecified atom stereocenters. The third kappa shape index (κ3) is 1.80. The molecule has 0 saturated carbocycles. The molecule has 2 rings (SSSR count). The van der Waals surface area contributed by atoms with Crippen molar-refractivity contribution in [3.63, 3.8) is 0 Å². The van der Waals surface area contributed by atoms with Gasteiger partial charge in [-0.05, 0) is 29.9 Å². The fourth-order valence-electron chi connectivity index (χ4n) is 1.39. The smallest absolute Gasteiger partial charge is 0.257 e. The Morgan fingerprint density at radius 2 is 2.14 bits per heavy atom. The summed E-state index contributed by atoms with van der Waals surface area (Å²) in [5, 5.41) is 3.45. The molecule has 14 heavy (non-hydrogen) atoms. The van der Waals surface area contributed by atoms with Gasteiger partial charge in [0.1, 0.15) is 11.9 Å². The Morgan fingerprint density at radius 1 is 1.43 bits per heavy atom. The average molecular weight is 209 g/mol. The monoisotopic (exact) mass is 209 g/mol. The highest BCUT2D eigenvalue weighted by Gasteiger charge is 2.21. The second-order valence-corrected chi connectivity index (χ2v) is 3.42. The quantitative estimate of drug-likeness (QED) is 0.750. The predicted octanol–water partition coefficient (Wildman–Crippen LogP) is 1.64. The Morgan fingerprint density at radius 3 is 2.64 bits per heavy atom. The summed E-state index contributed by atoms with van der Waals surface area (Å²) in [5.74, 6) is 0.849. The Hall–Kier alpha value is -1.29. The molecule has 0 radical (unpaired) electrons. The molecule has 4 heteroatoms. The summed E-state index contributed by atoms with van der Waals surface area (Å²) in [6.07, 6.45) is 0.0356. The summed E-state index contributed by atoms with van der Waals surface area (Å²) in [7, 11) is 1.65. The van der Waals surface area contributed by atoms with E-state index in [2.05, 4.69) is 5.32 Å². The van der Waals surface area contributed by atoms with Crippen LogP contribution in [0.4, 0.5) is 0 Å². The first-order valence-electron chi connectivity index (χ1n) is 4.38. The first-order chi connectivity index (χ1) is 6.79. The number of nitrogens with one attached hydrogen (secondary N) is 1. The molecule has 1 aromatic carbocycles. The van der Waals surface area contributed by atoms with Gasteiger partial charge in [-0.1, -0.05) is 12.1 Å². The lowest BCUT2D eigenvalue weighted by molar-refractivity contribution is 0.241. The molecule has 1 heterocycles. The van der Waals surface area contributed by atoms with Gasteiger partial charge in [0, 0.05) is 0 Å². The Bertz CT molecular complexity index is 336. The lowest BCUT2D eigenvalue weighted by atomic mass is 10.1. The zero-order valence-corrected chi connectivity index (χ0v) is 8.64. The third-order valence-corrected chi connectivity index (χ3v) is 2.41. The van der Waals surface area contributed by atoms with Crippen LogP contribution in [-0.2, 0) is 4.74 Å². The van der Waals surface area contributed by atoms with Gasteiger partial charge in [-0.2, -0.15) is 0 Å². The van der Waals surface area contributed by atoms with Gasteiger partial charge in [-0.15, -0.1) is 0 Å². The summed E-state index contributed by atoms with van der Waals surface area (Å²) in [4.78, 5) is 0. The molecule has 0 aromatic heterocycles. The fraction of sp³-hybridized carbons (Fsp3) is 0.300. The predicted molar refractivity (Wildman–Crippen MR) is 57.4 cm³/mol. The van der Waals surface area contributed by atoms with Crippen LogP contribution in [0.3, 0.4) is 0 Å². The lowest BCUT2D eigenvalue weighted by Gasteiger charge is -2.08. The van der Waals surface area contributed by atoms with E-state index >= 15 is 0 Å². The summed E-state index contributed by atoms with van der Waals surface area (Å²) in [6.45, 7) is 0.741. The molecule has 74 valence electrons. The lowest BCUT2D eigenvalue weighted by Crippen LogP contribution is -2.12. The van der Waals surface area contributed by atoms with E-state index in [9.17, 15) is 0 Å². The highest BCUT2D eigenvalue weighted by molar-refractivity contribution is 7.80. The van der Waals surface area contributed by atoms with Crippen molar-refractivity contribution in [1.82, 2.24) is 5.32 Å². The normalized spacial score (nSPS) is 20.1. The molecule has 0 aliphatic carbocycles. The average Bonchev–Trinajstić information content (AvgIpc) is 2.65. The number of hydrogen-bond donors (Lipinski definition) is 1. The van der Waals surface area contributed by atoms with Crippen LogP contribution in [0.5, 0.6) is 5.75 Å². The molecular formula is C10H11NO2S. The molecule has 0 spiro atoms. The van der Waals surface area contributed by atoms with Crippen molar-refractivity contribution >= 4 is 17.4 Å². The van der Waals surface area contributed by atoms with Gasteiger partial charge in [0.25, 0.3) is 5.17 Å². The van der Waals surface area contributed by atoms with E-state index in [1.165, 1.54) is 0 Å². The Kier molecular flexibility index (Phi) is 2.54. The zero-order chi connectivity index (χ0) is 9.97. The number of rotatable bonds is 2. The van der Waals surface area contributed by atoms with Gasteiger partial charge in [0.15, 0.2) is 0 Å². The minimum Gasteiger partial charge on any atom is -0.497 e. The SMILES string of the molecule is COc1ccc(C2CNC(=S)O2)cc1. The van der Waals surface area contributed by atoms with Crippen LogP contribution in [-0.4, -0.2) is 18.8 Å². The van der Waals surface area contributed by atoms with Gasteiger partial charge in [0.2, 0.25) is 0 Å². The van der Waals surface area contributed by atoms with E-state index in [1.54, 1.807) is 7.11 Å². The van der Waals surface area contributed by atoms with Crippen LogP contribution in [0.1, 0.15) is 11.7 Å². The number of hydrogen-bond acceptors (Lipinski definition) is 3. The van der Waals surface area contributed by atoms with Crippen LogP contribution >= 0.6 is 12.2 Å². The van der Waals surface area contributed by atoms with E-state index in [1.807, 2.05) is 24.3 Å². The van der Waals surface area contributed by atoms with E-state index < -0.39 is 0 Å². The Balaban J connectivity index is 2.13. The highest BCUT2D eigenvalue weighted by Crippen LogP contribution is 2.22. The zero-order valence-electron chi connectivity index (χ0n) is 7.82. The van der Waals surface area contributed by atoms with Crippen molar-refractivity contribution in [2.45, 2.75) is 6.10 Å². The minimum atomic E-state index is 0.0356. The van der Waals surface area contributed by atoms with E-state index in [4.69, 9.17) is 21.7 Å². The number of ether oxygens (including phenoxy) is 2. The van der Waals surface area contributed by atoms with E-state index in [-0.39, 0.29) is 6.10 Å². The second kappa shape index (κ2) is 3.84. The molecule has 1 fully saturated rings. The maximum absolute atomic E-state index is 5.40. The molecular weight excluding hydrogens is 198 g/mol. The highest BCUT2D eigenvalue weighted by atomic mass is 32.1. The molecule has 1 saturated heterocycles. The van der Waals surface area contributed by atoms with E-state index in [0.29, 0.717) is 5.17 Å². The second-order valence-electron chi connectivity index (χ2n) is 3.05. The Labute approximate surface area is 88.0 Å². The van der Waals surface area contributed by atoms with Gasteiger partial charge < -0.3 is 14.8 Å². The van der Waals surface area contributed by atoms with Crippen molar-refractivity contribution < 1.29 is 9.47 Å². The maximum Gasteiger partial charge on any atom is 0.257 e. The molecule has 0 bridgehead atoms. The van der Waals surface area contributed by atoms with Crippen molar-refractivity contribution in [1.29, 1.82) is 0 Å². The first-order valence-corrected chi connectivity index (χ1v) is 4.79. The van der Waals surface area contributed by atoms with Crippen molar-refractivity contribution in [3.05, 3.63) is 29.8 Å². The molecule has 1 aromatic rings. The molecule has 0 amide bonds. The summed E-state index contributed by atoms with van der Waals surface area (Å²) in [6, 6.07) is 7.80. The largest absolute Gasteiger partial charge is 0.497 e. The fourth-order valence-corrected chi connectivity index (χ4v) is 1.59. The minimum absolute atomic E-state index is 0.0356. The van der Waals surface area contributed by atoms with Crippen molar-refractivity contribution in [2.24, 2.45) is 0 Å². The standard InChI is InChI=1S/C10H11NO2S/c1-12-8-4-2-7(3-5-8)9-6-11-10(14)13-9/h2-5,9H,6H2,1H3,(H,11,14). The van der Waals surface area contributed by atoms with Crippen LogP contribution < -0.4 is 10.1 Å². The summed E-state index contributed by atoms with van der Waals surface area (Å²) < 4.78 is 10.5. The van der Waals surface area contributed by atoms with Gasteiger partial charge >= 0.3 is 0 Å². The third-order valence-electron chi connectivity index (χ3n) is 2.17. The van der Waals surface area contributed by atoms with Crippen LogP contribution in [0.2, 0.25) is 0 Å². The summed E-state index contributed by atoms with van der Waals surface area (Å²) in [5.41, 5.74) is 1.11. The van der Waals surface area contributed by atoms with Crippen molar-refractivity contribution in [2.75, 3.05) is 13.7 Å². The molecule has 1 atom stereocenters. The topological polar surface area (TPSA) is 30.5 Å².